The summed E-state index contributed by atoms with van der Waals surface area (Å²) in [6.07, 6.45) is 1.78. The van der Waals surface area contributed by atoms with Crippen molar-refractivity contribution >= 4 is 5.78 Å². The first-order valence-corrected chi connectivity index (χ1v) is 7.19. The van der Waals surface area contributed by atoms with E-state index in [0.29, 0.717) is 18.4 Å². The molecule has 2 nitrogen and oxygen atoms in total. The predicted octanol–water partition coefficient (Wildman–Crippen LogP) is 3.18. The van der Waals surface area contributed by atoms with Gasteiger partial charge >= 0.3 is 5.92 Å². The second kappa shape index (κ2) is 6.82. The molecule has 0 bridgehead atoms. The minimum Gasteiger partial charge on any atom is -0.386 e. The Hall–Kier alpha value is -1.73. The SMILES string of the molecule is O=C(C#Cc1ccccc1)C(F)(F)C(O)C1CCCCC1. The molecule has 0 aromatic heterocycles. The van der Waals surface area contributed by atoms with Crippen molar-refractivity contribution in [2.75, 3.05) is 0 Å². The molecule has 1 aromatic rings. The Kier molecular flexibility index (Phi) is 5.08. The number of Topliss-reactive ketones (excluding diaryl/α,β-unsaturated/α-hetero) is 1. The number of hydrogen-bond donors (Lipinski definition) is 1. The van der Waals surface area contributed by atoms with E-state index in [1.54, 1.807) is 30.3 Å². The molecule has 0 heterocycles. The fourth-order valence-corrected chi connectivity index (χ4v) is 2.61. The van der Waals surface area contributed by atoms with Crippen molar-refractivity contribution in [1.82, 2.24) is 0 Å². The Bertz CT molecular complexity index is 537. The normalized spacial score (nSPS) is 17.7. The lowest BCUT2D eigenvalue weighted by Crippen LogP contribution is -2.45. The molecule has 0 spiro atoms. The molecular weight excluding hydrogens is 274 g/mol. The van der Waals surface area contributed by atoms with E-state index in [0.717, 1.165) is 19.3 Å². The number of carbonyl (C=O) groups is 1. The van der Waals surface area contributed by atoms with Gasteiger partial charge in [-0.15, -0.1) is 0 Å². The van der Waals surface area contributed by atoms with Gasteiger partial charge in [-0.25, -0.2) is 0 Å². The summed E-state index contributed by atoms with van der Waals surface area (Å²) < 4.78 is 28.0. The van der Waals surface area contributed by atoms with Gasteiger partial charge in [0.1, 0.15) is 6.10 Å². The standard InChI is InChI=1S/C17H18F2O2/c18-17(19,16(21)14-9-5-2-6-10-14)15(20)12-11-13-7-3-1-4-8-13/h1,3-4,7-8,14,16,21H,2,5-6,9-10H2. The number of benzene rings is 1. The molecule has 1 aromatic carbocycles. The highest BCUT2D eigenvalue weighted by atomic mass is 19.3. The molecule has 0 radical (unpaired) electrons. The van der Waals surface area contributed by atoms with E-state index in [-0.39, 0.29) is 0 Å². The summed E-state index contributed by atoms with van der Waals surface area (Å²) in [7, 11) is 0. The van der Waals surface area contributed by atoms with E-state index < -0.39 is 23.7 Å². The number of aliphatic hydroxyl groups is 1. The van der Waals surface area contributed by atoms with Crippen LogP contribution in [0.3, 0.4) is 0 Å². The molecule has 21 heavy (non-hydrogen) atoms. The quantitative estimate of drug-likeness (QED) is 0.869. The fourth-order valence-electron chi connectivity index (χ4n) is 2.61. The Balaban J connectivity index is 2.07. The van der Waals surface area contributed by atoms with Crippen molar-refractivity contribution in [1.29, 1.82) is 0 Å². The molecule has 1 fully saturated rings. The van der Waals surface area contributed by atoms with Gasteiger partial charge in [-0.2, -0.15) is 8.78 Å². The Morgan fingerprint density at radius 1 is 1.19 bits per heavy atom. The van der Waals surface area contributed by atoms with Crippen LogP contribution in [0.1, 0.15) is 37.7 Å². The van der Waals surface area contributed by atoms with Gasteiger partial charge in [0.15, 0.2) is 0 Å². The zero-order chi connectivity index (χ0) is 15.3. The third kappa shape index (κ3) is 3.89. The topological polar surface area (TPSA) is 37.3 Å². The van der Waals surface area contributed by atoms with Crippen molar-refractivity contribution in [3.05, 3.63) is 35.9 Å². The molecule has 1 saturated carbocycles. The number of aliphatic hydroxyl groups excluding tert-OH is 1. The van der Waals surface area contributed by atoms with Crippen LogP contribution in [-0.2, 0) is 4.79 Å². The van der Waals surface area contributed by atoms with E-state index in [1.807, 2.05) is 5.92 Å². The van der Waals surface area contributed by atoms with E-state index in [2.05, 4.69) is 5.92 Å². The van der Waals surface area contributed by atoms with Crippen LogP contribution in [0.15, 0.2) is 30.3 Å². The third-order valence-corrected chi connectivity index (χ3v) is 3.86. The van der Waals surface area contributed by atoms with Crippen LogP contribution in [-0.4, -0.2) is 22.9 Å². The molecule has 1 atom stereocenters. The molecular formula is C17H18F2O2. The molecule has 1 aliphatic carbocycles. The fraction of sp³-hybridized carbons (Fsp3) is 0.471. The number of rotatable bonds is 3. The first-order chi connectivity index (χ1) is 10.0. The minimum absolute atomic E-state index is 0.494. The van der Waals surface area contributed by atoms with Crippen LogP contribution >= 0.6 is 0 Å². The molecule has 112 valence electrons. The second-order valence-corrected chi connectivity index (χ2v) is 5.41. The van der Waals surface area contributed by atoms with Gasteiger partial charge in [-0.3, -0.25) is 4.79 Å². The molecule has 4 heteroatoms. The molecule has 1 N–H and O–H groups in total. The van der Waals surface area contributed by atoms with Gasteiger partial charge in [0.2, 0.25) is 0 Å². The Morgan fingerprint density at radius 2 is 1.81 bits per heavy atom. The lowest BCUT2D eigenvalue weighted by atomic mass is 9.82. The largest absolute Gasteiger partial charge is 0.386 e. The molecule has 0 amide bonds. The third-order valence-electron chi connectivity index (χ3n) is 3.86. The zero-order valence-corrected chi connectivity index (χ0v) is 11.7. The van der Waals surface area contributed by atoms with Gasteiger partial charge in [0.25, 0.3) is 5.78 Å². The maximum absolute atomic E-state index is 14.0. The van der Waals surface area contributed by atoms with Gasteiger partial charge in [-0.05, 0) is 36.8 Å². The lowest BCUT2D eigenvalue weighted by Gasteiger charge is -2.30. The number of carbonyl (C=O) groups excluding carboxylic acids is 1. The molecule has 0 aliphatic heterocycles. The summed E-state index contributed by atoms with van der Waals surface area (Å²) in [5.74, 6) is -1.45. The summed E-state index contributed by atoms with van der Waals surface area (Å²) in [5, 5.41) is 9.83. The second-order valence-electron chi connectivity index (χ2n) is 5.41. The average molecular weight is 292 g/mol. The van der Waals surface area contributed by atoms with Gasteiger partial charge in [-0.1, -0.05) is 43.4 Å². The van der Waals surface area contributed by atoms with Crippen LogP contribution in [0.5, 0.6) is 0 Å². The van der Waals surface area contributed by atoms with Crippen molar-refractivity contribution in [2.24, 2.45) is 5.92 Å². The first-order valence-electron chi connectivity index (χ1n) is 7.19. The van der Waals surface area contributed by atoms with E-state index in [4.69, 9.17) is 0 Å². The highest BCUT2D eigenvalue weighted by molar-refractivity contribution is 6.01. The highest BCUT2D eigenvalue weighted by Crippen LogP contribution is 2.34. The summed E-state index contributed by atoms with van der Waals surface area (Å²) in [6.45, 7) is 0. The molecule has 0 saturated heterocycles. The van der Waals surface area contributed by atoms with Crippen LogP contribution in [0, 0.1) is 17.8 Å². The number of hydrogen-bond acceptors (Lipinski definition) is 2. The highest BCUT2D eigenvalue weighted by Gasteiger charge is 2.49. The van der Waals surface area contributed by atoms with Crippen LogP contribution in [0.4, 0.5) is 8.78 Å². The van der Waals surface area contributed by atoms with Crippen LogP contribution in [0.25, 0.3) is 0 Å². The predicted molar refractivity (Wildman–Crippen MR) is 75.9 cm³/mol. The van der Waals surface area contributed by atoms with Crippen LogP contribution in [0.2, 0.25) is 0 Å². The summed E-state index contributed by atoms with van der Waals surface area (Å²) >= 11 is 0. The monoisotopic (exact) mass is 292 g/mol. The smallest absolute Gasteiger partial charge is 0.342 e. The van der Waals surface area contributed by atoms with Gasteiger partial charge in [0, 0.05) is 5.56 Å². The number of halogens is 2. The summed E-state index contributed by atoms with van der Waals surface area (Å²) in [6, 6.07) is 8.47. The summed E-state index contributed by atoms with van der Waals surface area (Å²) in [4.78, 5) is 11.6. The van der Waals surface area contributed by atoms with E-state index in [1.165, 1.54) is 0 Å². The number of alkyl halides is 2. The minimum atomic E-state index is -3.80. The molecule has 2 rings (SSSR count). The summed E-state index contributed by atoms with van der Waals surface area (Å²) in [5.41, 5.74) is 0.494. The first kappa shape index (κ1) is 15.7. The van der Waals surface area contributed by atoms with Crippen molar-refractivity contribution in [3.63, 3.8) is 0 Å². The molecule has 1 unspecified atom stereocenters. The Morgan fingerprint density at radius 3 is 2.43 bits per heavy atom. The Labute approximate surface area is 123 Å². The maximum Gasteiger partial charge on any atom is 0.342 e. The average Bonchev–Trinajstić information content (AvgIpc) is 2.53. The van der Waals surface area contributed by atoms with Gasteiger partial charge in [0.05, 0.1) is 0 Å². The number of ketones is 1. The molecule has 1 aliphatic rings. The van der Waals surface area contributed by atoms with E-state index >= 15 is 0 Å². The lowest BCUT2D eigenvalue weighted by molar-refractivity contribution is -0.163. The maximum atomic E-state index is 14.0. The van der Waals surface area contributed by atoms with Crippen molar-refractivity contribution < 1.29 is 18.7 Å². The van der Waals surface area contributed by atoms with Crippen molar-refractivity contribution in [3.8, 4) is 11.8 Å². The van der Waals surface area contributed by atoms with Crippen molar-refractivity contribution in [2.45, 2.75) is 44.1 Å². The van der Waals surface area contributed by atoms with Crippen LogP contribution < -0.4 is 0 Å². The van der Waals surface area contributed by atoms with Gasteiger partial charge < -0.3 is 5.11 Å². The van der Waals surface area contributed by atoms with E-state index in [9.17, 15) is 18.7 Å². The zero-order valence-electron chi connectivity index (χ0n) is 11.7.